The van der Waals surface area contributed by atoms with E-state index in [1.165, 1.54) is 19.2 Å². The van der Waals surface area contributed by atoms with Gasteiger partial charge in [-0.2, -0.15) is 13.9 Å². The number of rotatable bonds is 7. The molecule has 2 aromatic carbocycles. The van der Waals surface area contributed by atoms with Gasteiger partial charge in [0.2, 0.25) is 0 Å². The zero-order chi connectivity index (χ0) is 23.5. The molecule has 0 unspecified atom stereocenters. The summed E-state index contributed by atoms with van der Waals surface area (Å²) < 4.78 is 36.7. The van der Waals surface area contributed by atoms with Crippen molar-refractivity contribution >= 4 is 22.6 Å². The molecule has 33 heavy (non-hydrogen) atoms. The largest absolute Gasteiger partial charge is 0.493 e. The Kier molecular flexibility index (Phi) is 6.21. The van der Waals surface area contributed by atoms with Gasteiger partial charge in [0.1, 0.15) is 0 Å². The van der Waals surface area contributed by atoms with Crippen LogP contribution in [-0.2, 0) is 6.54 Å². The lowest BCUT2D eigenvalue weighted by molar-refractivity contribution is -0.0511. The Morgan fingerprint density at radius 1 is 1.09 bits per heavy atom. The fourth-order valence-corrected chi connectivity index (χ4v) is 3.48. The van der Waals surface area contributed by atoms with E-state index in [-0.39, 0.29) is 17.2 Å². The van der Waals surface area contributed by atoms with Crippen LogP contribution in [0.3, 0.4) is 0 Å². The summed E-state index contributed by atoms with van der Waals surface area (Å²) in [7, 11) is 1.34. The van der Waals surface area contributed by atoms with Crippen LogP contribution in [-0.4, -0.2) is 34.4 Å². The highest BCUT2D eigenvalue weighted by molar-refractivity contribution is 6.12. The first-order chi connectivity index (χ1) is 15.8. The van der Waals surface area contributed by atoms with Crippen molar-refractivity contribution in [2.75, 3.05) is 12.4 Å². The minimum Gasteiger partial charge on any atom is -0.493 e. The van der Waals surface area contributed by atoms with Crippen LogP contribution >= 0.6 is 0 Å². The van der Waals surface area contributed by atoms with Crippen LogP contribution in [0.2, 0.25) is 0 Å². The zero-order valence-electron chi connectivity index (χ0n) is 18.3. The van der Waals surface area contributed by atoms with Gasteiger partial charge in [-0.05, 0) is 37.6 Å². The molecule has 9 heteroatoms. The number of benzene rings is 2. The molecule has 0 aliphatic carbocycles. The number of aryl methyl sites for hydroxylation is 2. The van der Waals surface area contributed by atoms with Gasteiger partial charge >= 0.3 is 6.61 Å². The van der Waals surface area contributed by atoms with Crippen LogP contribution in [0.5, 0.6) is 11.5 Å². The predicted octanol–water partition coefficient (Wildman–Crippen LogP) is 4.96. The Bertz CT molecular complexity index is 1300. The first kappa shape index (κ1) is 22.2. The first-order valence-electron chi connectivity index (χ1n) is 10.2. The Morgan fingerprint density at radius 3 is 2.55 bits per heavy atom. The highest BCUT2D eigenvalue weighted by Crippen LogP contribution is 2.32. The van der Waals surface area contributed by atoms with Gasteiger partial charge in [-0.15, -0.1) is 0 Å². The summed E-state index contributed by atoms with van der Waals surface area (Å²) in [6.07, 6.45) is 1.60. The number of alkyl halides is 2. The molecule has 0 atom stereocenters. The topological polar surface area (TPSA) is 78.3 Å². The molecule has 7 nitrogen and oxygen atoms in total. The van der Waals surface area contributed by atoms with Crippen LogP contribution in [0.1, 0.15) is 27.2 Å². The van der Waals surface area contributed by atoms with E-state index in [0.29, 0.717) is 28.8 Å². The summed E-state index contributed by atoms with van der Waals surface area (Å²) in [6.45, 7) is 1.30. The molecular formula is C24H22F2N4O3. The van der Waals surface area contributed by atoms with Crippen LogP contribution in [0.15, 0.2) is 54.7 Å². The van der Waals surface area contributed by atoms with Crippen molar-refractivity contribution in [3.05, 3.63) is 77.1 Å². The van der Waals surface area contributed by atoms with Gasteiger partial charge in [0.15, 0.2) is 17.1 Å². The predicted molar refractivity (Wildman–Crippen MR) is 120 cm³/mol. The van der Waals surface area contributed by atoms with Crippen molar-refractivity contribution in [3.63, 3.8) is 0 Å². The van der Waals surface area contributed by atoms with E-state index in [0.717, 1.165) is 11.1 Å². The molecule has 0 fully saturated rings. The SMILES string of the molecule is COc1ccc(NC(=O)c2cc(C)nc3c2cnn3Cc2ccc(C)cc2)cc1OC(F)F. The quantitative estimate of drug-likeness (QED) is 0.429. The number of methoxy groups -OCH3 is 1. The second kappa shape index (κ2) is 9.23. The molecule has 0 aliphatic rings. The molecule has 170 valence electrons. The summed E-state index contributed by atoms with van der Waals surface area (Å²) in [5.74, 6) is -0.464. The number of hydrogen-bond acceptors (Lipinski definition) is 5. The molecule has 4 rings (SSSR count). The number of aromatic nitrogens is 3. The molecule has 0 bridgehead atoms. The van der Waals surface area contributed by atoms with Crippen molar-refractivity contribution in [3.8, 4) is 11.5 Å². The molecule has 1 amide bonds. The summed E-state index contributed by atoms with van der Waals surface area (Å²) in [4.78, 5) is 17.6. The van der Waals surface area contributed by atoms with E-state index < -0.39 is 12.5 Å². The minimum atomic E-state index is -3.02. The van der Waals surface area contributed by atoms with Crippen molar-refractivity contribution in [2.24, 2.45) is 0 Å². The number of ether oxygens (including phenoxy) is 2. The summed E-state index contributed by atoms with van der Waals surface area (Å²) in [5, 5.41) is 7.74. The summed E-state index contributed by atoms with van der Waals surface area (Å²) in [6, 6.07) is 14.0. The number of anilines is 1. The number of carbonyl (C=O) groups is 1. The number of fused-ring (bicyclic) bond motifs is 1. The third-order valence-electron chi connectivity index (χ3n) is 5.07. The first-order valence-corrected chi connectivity index (χ1v) is 10.2. The lowest BCUT2D eigenvalue weighted by Crippen LogP contribution is -2.14. The second-order valence-corrected chi connectivity index (χ2v) is 7.53. The molecule has 0 saturated carbocycles. The molecule has 0 radical (unpaired) electrons. The number of nitrogens with zero attached hydrogens (tertiary/aromatic N) is 3. The monoisotopic (exact) mass is 452 g/mol. The number of pyridine rings is 1. The highest BCUT2D eigenvalue weighted by atomic mass is 19.3. The van der Waals surface area contributed by atoms with E-state index in [1.807, 2.05) is 31.2 Å². The lowest BCUT2D eigenvalue weighted by Gasteiger charge is -2.13. The van der Waals surface area contributed by atoms with E-state index in [4.69, 9.17) is 4.74 Å². The van der Waals surface area contributed by atoms with Crippen LogP contribution in [0.4, 0.5) is 14.5 Å². The maximum absolute atomic E-state index is 13.1. The van der Waals surface area contributed by atoms with Gasteiger partial charge in [-0.25, -0.2) is 9.67 Å². The van der Waals surface area contributed by atoms with E-state index in [2.05, 4.69) is 20.1 Å². The highest BCUT2D eigenvalue weighted by Gasteiger charge is 2.18. The molecule has 1 N–H and O–H groups in total. The number of halogens is 2. The molecule has 0 aliphatic heterocycles. The van der Waals surface area contributed by atoms with E-state index in [1.54, 1.807) is 29.9 Å². The van der Waals surface area contributed by atoms with Crippen LogP contribution in [0, 0.1) is 13.8 Å². The Morgan fingerprint density at radius 2 is 1.85 bits per heavy atom. The second-order valence-electron chi connectivity index (χ2n) is 7.53. The standard InChI is InChI=1S/C24H22F2N4O3/c1-14-4-6-16(7-5-14)13-30-22-19(12-27-30)18(10-15(2)28-22)23(31)29-17-8-9-20(32-3)21(11-17)33-24(25)26/h4-12,24H,13H2,1-3H3,(H,29,31). The Balaban J connectivity index is 1.63. The van der Waals surface area contributed by atoms with Crippen LogP contribution in [0.25, 0.3) is 11.0 Å². The van der Waals surface area contributed by atoms with Crippen molar-refractivity contribution in [1.29, 1.82) is 0 Å². The fraction of sp³-hybridized carbons (Fsp3) is 0.208. The van der Waals surface area contributed by atoms with Crippen molar-refractivity contribution in [1.82, 2.24) is 14.8 Å². The third kappa shape index (κ3) is 4.92. The maximum atomic E-state index is 13.1. The molecule has 0 saturated heterocycles. The number of carbonyl (C=O) groups excluding carboxylic acids is 1. The van der Waals surface area contributed by atoms with Crippen LogP contribution < -0.4 is 14.8 Å². The Labute approximate surface area is 189 Å². The number of amides is 1. The summed E-state index contributed by atoms with van der Waals surface area (Å²) in [5.41, 5.74) is 4.11. The van der Waals surface area contributed by atoms with E-state index >= 15 is 0 Å². The maximum Gasteiger partial charge on any atom is 0.387 e. The Hall–Kier alpha value is -4.01. The van der Waals surface area contributed by atoms with Gasteiger partial charge in [-0.3, -0.25) is 4.79 Å². The molecule has 0 spiro atoms. The fourth-order valence-electron chi connectivity index (χ4n) is 3.48. The smallest absolute Gasteiger partial charge is 0.387 e. The normalized spacial score (nSPS) is 11.1. The number of hydrogen-bond donors (Lipinski definition) is 1. The molecule has 2 aromatic heterocycles. The third-order valence-corrected chi connectivity index (χ3v) is 5.07. The lowest BCUT2D eigenvalue weighted by atomic mass is 10.1. The van der Waals surface area contributed by atoms with Gasteiger partial charge in [-0.1, -0.05) is 29.8 Å². The molecular weight excluding hydrogens is 430 g/mol. The van der Waals surface area contributed by atoms with Crippen molar-refractivity contribution in [2.45, 2.75) is 27.0 Å². The summed E-state index contributed by atoms with van der Waals surface area (Å²) >= 11 is 0. The zero-order valence-corrected chi connectivity index (χ0v) is 18.3. The minimum absolute atomic E-state index is 0.132. The average Bonchev–Trinajstić information content (AvgIpc) is 3.17. The molecule has 2 heterocycles. The van der Waals surface area contributed by atoms with Gasteiger partial charge in [0.25, 0.3) is 5.91 Å². The van der Waals surface area contributed by atoms with Gasteiger partial charge in [0, 0.05) is 17.4 Å². The molecule has 4 aromatic rings. The van der Waals surface area contributed by atoms with E-state index in [9.17, 15) is 13.6 Å². The van der Waals surface area contributed by atoms with Crippen molar-refractivity contribution < 1.29 is 23.0 Å². The van der Waals surface area contributed by atoms with Gasteiger partial charge < -0.3 is 14.8 Å². The average molecular weight is 452 g/mol. The number of nitrogens with one attached hydrogen (secondary N) is 1. The van der Waals surface area contributed by atoms with Gasteiger partial charge in [0.05, 0.1) is 30.8 Å².